The molecule has 5 nitrogen and oxygen atoms in total. The van der Waals surface area contributed by atoms with E-state index in [0.717, 1.165) is 12.3 Å². The molecular formula is C9H17N3O2. The summed E-state index contributed by atoms with van der Waals surface area (Å²) in [5.74, 6) is -0.382. The molecule has 1 aliphatic carbocycles. The molecule has 0 aromatic carbocycles. The lowest BCUT2D eigenvalue weighted by molar-refractivity contribution is -0.139. The van der Waals surface area contributed by atoms with Crippen LogP contribution in [-0.2, 0) is 9.59 Å². The van der Waals surface area contributed by atoms with Crippen molar-refractivity contribution in [1.29, 1.82) is 0 Å². The first-order chi connectivity index (χ1) is 6.74. The fourth-order valence-electron chi connectivity index (χ4n) is 1.14. The predicted molar refractivity (Wildman–Crippen MR) is 52.4 cm³/mol. The largest absolute Gasteiger partial charge is 0.348 e. The van der Waals surface area contributed by atoms with Crippen LogP contribution in [0.3, 0.4) is 0 Å². The molecule has 0 aliphatic heterocycles. The SMILES string of the molecule is NCCNC(=O)C(=O)NCCC1CC1. The van der Waals surface area contributed by atoms with Gasteiger partial charge >= 0.3 is 11.8 Å². The van der Waals surface area contributed by atoms with E-state index in [4.69, 9.17) is 5.73 Å². The zero-order valence-corrected chi connectivity index (χ0v) is 8.21. The minimum atomic E-state index is -0.591. The van der Waals surface area contributed by atoms with Crippen LogP contribution in [0.25, 0.3) is 0 Å². The van der Waals surface area contributed by atoms with Gasteiger partial charge in [-0.05, 0) is 12.3 Å². The summed E-state index contributed by atoms with van der Waals surface area (Å²) in [7, 11) is 0. The molecule has 14 heavy (non-hydrogen) atoms. The molecule has 0 unspecified atom stereocenters. The molecule has 1 rings (SSSR count). The average Bonchev–Trinajstić information content (AvgIpc) is 2.97. The Hall–Kier alpha value is -1.10. The highest BCUT2D eigenvalue weighted by molar-refractivity contribution is 6.35. The smallest absolute Gasteiger partial charge is 0.309 e. The second-order valence-corrected chi connectivity index (χ2v) is 3.53. The third-order valence-electron chi connectivity index (χ3n) is 2.17. The number of hydrogen-bond acceptors (Lipinski definition) is 3. The van der Waals surface area contributed by atoms with Gasteiger partial charge in [-0.2, -0.15) is 0 Å². The molecular weight excluding hydrogens is 182 g/mol. The Bertz CT molecular complexity index is 214. The van der Waals surface area contributed by atoms with Gasteiger partial charge in [0.15, 0.2) is 0 Å². The highest BCUT2D eigenvalue weighted by atomic mass is 16.2. The molecule has 1 saturated carbocycles. The number of amides is 2. The van der Waals surface area contributed by atoms with Crippen molar-refractivity contribution in [1.82, 2.24) is 10.6 Å². The number of nitrogens with two attached hydrogens (primary N) is 1. The van der Waals surface area contributed by atoms with Gasteiger partial charge in [0.1, 0.15) is 0 Å². The van der Waals surface area contributed by atoms with E-state index >= 15 is 0 Å². The van der Waals surface area contributed by atoms with E-state index in [1.165, 1.54) is 12.8 Å². The van der Waals surface area contributed by atoms with Crippen LogP contribution < -0.4 is 16.4 Å². The third kappa shape index (κ3) is 4.23. The average molecular weight is 199 g/mol. The van der Waals surface area contributed by atoms with E-state index in [2.05, 4.69) is 10.6 Å². The zero-order chi connectivity index (χ0) is 10.4. The van der Waals surface area contributed by atoms with Gasteiger partial charge in [-0.1, -0.05) is 12.8 Å². The first kappa shape index (κ1) is 11.0. The lowest BCUT2D eigenvalue weighted by atomic mass is 10.3. The Morgan fingerprint density at radius 3 is 2.21 bits per heavy atom. The quantitative estimate of drug-likeness (QED) is 0.495. The Labute approximate surface area is 83.4 Å². The van der Waals surface area contributed by atoms with E-state index in [9.17, 15) is 9.59 Å². The number of nitrogens with one attached hydrogen (secondary N) is 2. The van der Waals surface area contributed by atoms with Gasteiger partial charge in [-0.25, -0.2) is 0 Å². The molecule has 0 spiro atoms. The van der Waals surface area contributed by atoms with E-state index < -0.39 is 11.8 Å². The molecule has 5 heteroatoms. The summed E-state index contributed by atoms with van der Waals surface area (Å²) in [5.41, 5.74) is 5.18. The number of rotatable bonds is 5. The fourth-order valence-corrected chi connectivity index (χ4v) is 1.14. The van der Waals surface area contributed by atoms with E-state index in [1.807, 2.05) is 0 Å². The van der Waals surface area contributed by atoms with Crippen LogP contribution in [0.2, 0.25) is 0 Å². The first-order valence-corrected chi connectivity index (χ1v) is 5.00. The number of carbonyl (C=O) groups excluding carboxylic acids is 2. The van der Waals surface area contributed by atoms with Crippen molar-refractivity contribution < 1.29 is 9.59 Å². The van der Waals surface area contributed by atoms with Crippen molar-refractivity contribution >= 4 is 11.8 Å². The molecule has 4 N–H and O–H groups in total. The van der Waals surface area contributed by atoms with Gasteiger partial charge in [0.05, 0.1) is 0 Å². The van der Waals surface area contributed by atoms with Crippen LogP contribution in [0.4, 0.5) is 0 Å². The molecule has 0 radical (unpaired) electrons. The Morgan fingerprint density at radius 2 is 1.71 bits per heavy atom. The predicted octanol–water partition coefficient (Wildman–Crippen LogP) is -1.02. The highest BCUT2D eigenvalue weighted by Gasteiger charge is 2.21. The minimum Gasteiger partial charge on any atom is -0.348 e. The van der Waals surface area contributed by atoms with Crippen LogP contribution in [0, 0.1) is 5.92 Å². The topological polar surface area (TPSA) is 84.2 Å². The van der Waals surface area contributed by atoms with Gasteiger partial charge in [0.2, 0.25) is 0 Å². The standard InChI is InChI=1S/C9H17N3O2/c10-4-6-12-9(14)8(13)11-5-3-7-1-2-7/h7H,1-6,10H2,(H,11,13)(H,12,14). The second kappa shape index (κ2) is 5.59. The van der Waals surface area contributed by atoms with Crippen LogP contribution in [-0.4, -0.2) is 31.4 Å². The summed E-state index contributed by atoms with van der Waals surface area (Å²) in [6.07, 6.45) is 3.50. The van der Waals surface area contributed by atoms with Crippen LogP contribution in [0.1, 0.15) is 19.3 Å². The lowest BCUT2D eigenvalue weighted by Gasteiger charge is -2.04. The second-order valence-electron chi connectivity index (χ2n) is 3.53. The summed E-state index contributed by atoms with van der Waals surface area (Å²) in [4.78, 5) is 22.1. The van der Waals surface area contributed by atoms with Crippen LogP contribution in [0.5, 0.6) is 0 Å². The summed E-state index contributed by atoms with van der Waals surface area (Å²) in [6, 6.07) is 0. The van der Waals surface area contributed by atoms with E-state index in [1.54, 1.807) is 0 Å². The van der Waals surface area contributed by atoms with Crippen molar-refractivity contribution in [3.05, 3.63) is 0 Å². The molecule has 0 heterocycles. The molecule has 1 aliphatic rings. The zero-order valence-electron chi connectivity index (χ0n) is 8.21. The normalized spacial score (nSPS) is 14.9. The number of carbonyl (C=O) groups is 2. The maximum absolute atomic E-state index is 11.1. The fraction of sp³-hybridized carbons (Fsp3) is 0.778. The monoisotopic (exact) mass is 199 g/mol. The first-order valence-electron chi connectivity index (χ1n) is 5.00. The molecule has 1 fully saturated rings. The molecule has 0 aromatic rings. The molecule has 0 saturated heterocycles. The molecule has 0 aromatic heterocycles. The summed E-state index contributed by atoms with van der Waals surface area (Å²) >= 11 is 0. The molecule has 80 valence electrons. The lowest BCUT2D eigenvalue weighted by Crippen LogP contribution is -2.42. The number of hydrogen-bond donors (Lipinski definition) is 3. The van der Waals surface area contributed by atoms with E-state index in [-0.39, 0.29) is 0 Å². The van der Waals surface area contributed by atoms with Crippen molar-refractivity contribution in [2.75, 3.05) is 19.6 Å². The summed E-state index contributed by atoms with van der Waals surface area (Å²) in [6.45, 7) is 1.29. The maximum atomic E-state index is 11.1. The van der Waals surface area contributed by atoms with Crippen molar-refractivity contribution in [3.8, 4) is 0 Å². The highest BCUT2D eigenvalue weighted by Crippen LogP contribution is 2.31. The van der Waals surface area contributed by atoms with Crippen molar-refractivity contribution in [3.63, 3.8) is 0 Å². The maximum Gasteiger partial charge on any atom is 0.309 e. The van der Waals surface area contributed by atoms with Gasteiger partial charge < -0.3 is 16.4 Å². The van der Waals surface area contributed by atoms with Crippen molar-refractivity contribution in [2.24, 2.45) is 11.7 Å². The van der Waals surface area contributed by atoms with Crippen LogP contribution in [0.15, 0.2) is 0 Å². The van der Waals surface area contributed by atoms with Crippen LogP contribution >= 0.6 is 0 Å². The Morgan fingerprint density at radius 1 is 1.14 bits per heavy atom. The summed E-state index contributed by atoms with van der Waals surface area (Å²) < 4.78 is 0. The molecule has 2 amide bonds. The Kier molecular flexibility index (Phi) is 4.39. The molecule has 0 atom stereocenters. The van der Waals surface area contributed by atoms with Gasteiger partial charge in [0.25, 0.3) is 0 Å². The van der Waals surface area contributed by atoms with Crippen molar-refractivity contribution in [2.45, 2.75) is 19.3 Å². The van der Waals surface area contributed by atoms with E-state index in [0.29, 0.717) is 19.6 Å². The third-order valence-corrected chi connectivity index (χ3v) is 2.17. The molecule has 0 bridgehead atoms. The van der Waals surface area contributed by atoms with Gasteiger partial charge in [0, 0.05) is 19.6 Å². The van der Waals surface area contributed by atoms with Gasteiger partial charge in [-0.15, -0.1) is 0 Å². The van der Waals surface area contributed by atoms with Gasteiger partial charge in [-0.3, -0.25) is 9.59 Å². The Balaban J connectivity index is 2.03. The summed E-state index contributed by atoms with van der Waals surface area (Å²) in [5, 5.41) is 4.98. The minimum absolute atomic E-state index is 0.342.